The largest absolute Gasteiger partial charge is 0.477 e. The summed E-state index contributed by atoms with van der Waals surface area (Å²) >= 11 is 0. The van der Waals surface area contributed by atoms with Crippen LogP contribution >= 0.6 is 0 Å². The second kappa shape index (κ2) is 5.79. The van der Waals surface area contributed by atoms with E-state index in [1.54, 1.807) is 13.0 Å². The highest BCUT2D eigenvalue weighted by molar-refractivity contribution is 5.79. The van der Waals surface area contributed by atoms with Gasteiger partial charge in [-0.05, 0) is 31.7 Å². The fourth-order valence-corrected chi connectivity index (χ4v) is 2.08. The Balaban J connectivity index is 1.96. The van der Waals surface area contributed by atoms with Gasteiger partial charge in [-0.25, -0.2) is 0 Å². The Labute approximate surface area is 121 Å². The number of nitro groups is 1. The number of nitro benzene ring substituents is 1. The van der Waals surface area contributed by atoms with Crippen molar-refractivity contribution in [3.05, 3.63) is 34.4 Å². The van der Waals surface area contributed by atoms with Crippen LogP contribution in [0.25, 0.3) is 0 Å². The maximum atomic E-state index is 11.8. The molecule has 0 heterocycles. The van der Waals surface area contributed by atoms with Gasteiger partial charge in [-0.2, -0.15) is 5.26 Å². The summed E-state index contributed by atoms with van der Waals surface area (Å²) in [5.41, 5.74) is -1.10. The molecule has 0 aromatic heterocycles. The monoisotopic (exact) mass is 289 g/mol. The molecule has 1 aliphatic carbocycles. The number of nitrogens with zero attached hydrogens (tertiary/aromatic N) is 2. The minimum absolute atomic E-state index is 0.0303. The fraction of sp³-hybridized carbons (Fsp3) is 0.429. The number of carbonyl (C=O) groups excluding carboxylic acids is 1. The Morgan fingerprint density at radius 2 is 2.24 bits per heavy atom. The third-order valence-electron chi connectivity index (χ3n) is 3.45. The Kier molecular flexibility index (Phi) is 4.08. The quantitative estimate of drug-likeness (QED) is 0.634. The van der Waals surface area contributed by atoms with Crippen LogP contribution in [0.15, 0.2) is 24.3 Å². The Morgan fingerprint density at radius 3 is 2.81 bits per heavy atom. The summed E-state index contributed by atoms with van der Waals surface area (Å²) in [5, 5.41) is 22.6. The van der Waals surface area contributed by atoms with Crippen molar-refractivity contribution in [2.24, 2.45) is 5.92 Å². The molecule has 2 rings (SSSR count). The molecule has 110 valence electrons. The predicted molar refractivity (Wildman–Crippen MR) is 73.5 cm³/mol. The second-order valence-electron chi connectivity index (χ2n) is 5.15. The van der Waals surface area contributed by atoms with Crippen LogP contribution in [-0.4, -0.2) is 23.0 Å². The molecule has 1 aliphatic rings. The van der Waals surface area contributed by atoms with Crippen molar-refractivity contribution in [3.63, 3.8) is 0 Å². The molecule has 0 radical (unpaired) electrons. The first-order valence-electron chi connectivity index (χ1n) is 6.55. The Hall–Kier alpha value is -2.62. The van der Waals surface area contributed by atoms with E-state index in [2.05, 4.69) is 11.4 Å². The van der Waals surface area contributed by atoms with Gasteiger partial charge in [-0.3, -0.25) is 14.9 Å². The number of hydrogen-bond acceptors (Lipinski definition) is 5. The van der Waals surface area contributed by atoms with E-state index in [1.807, 2.05) is 0 Å². The highest BCUT2D eigenvalue weighted by Crippen LogP contribution is 2.39. The summed E-state index contributed by atoms with van der Waals surface area (Å²) in [7, 11) is 0. The van der Waals surface area contributed by atoms with Crippen molar-refractivity contribution in [3.8, 4) is 11.8 Å². The topological polar surface area (TPSA) is 105 Å². The maximum absolute atomic E-state index is 11.8. The van der Waals surface area contributed by atoms with Gasteiger partial charge in [0.25, 0.3) is 5.91 Å². The molecule has 1 amide bonds. The number of nitriles is 1. The van der Waals surface area contributed by atoms with Gasteiger partial charge in [0.1, 0.15) is 5.54 Å². The molecule has 1 fully saturated rings. The van der Waals surface area contributed by atoms with Crippen LogP contribution in [0.2, 0.25) is 0 Å². The summed E-state index contributed by atoms with van der Waals surface area (Å²) in [6.07, 6.45) is 1.82. The van der Waals surface area contributed by atoms with Crippen LogP contribution in [0, 0.1) is 27.4 Å². The SMILES string of the molecule is C[C@@](C#N)(NC(=O)COc1ccccc1[N+](=O)[O-])C1CC1. The molecule has 7 heteroatoms. The molecular weight excluding hydrogens is 274 g/mol. The molecule has 0 spiro atoms. The zero-order valence-corrected chi connectivity index (χ0v) is 11.5. The van der Waals surface area contributed by atoms with E-state index < -0.39 is 16.4 Å². The summed E-state index contributed by atoms with van der Waals surface area (Å²) in [6.45, 7) is 1.31. The van der Waals surface area contributed by atoms with Gasteiger partial charge in [-0.1, -0.05) is 12.1 Å². The lowest BCUT2D eigenvalue weighted by Crippen LogP contribution is -2.48. The van der Waals surface area contributed by atoms with Crippen LogP contribution in [0.4, 0.5) is 5.69 Å². The lowest BCUT2D eigenvalue weighted by atomic mass is 9.98. The molecule has 0 unspecified atom stereocenters. The normalized spacial score (nSPS) is 16.4. The number of ether oxygens (including phenoxy) is 1. The van der Waals surface area contributed by atoms with E-state index in [-0.39, 0.29) is 24.0 Å². The van der Waals surface area contributed by atoms with Gasteiger partial charge < -0.3 is 10.1 Å². The van der Waals surface area contributed by atoms with Gasteiger partial charge in [0, 0.05) is 6.07 Å². The molecule has 1 N–H and O–H groups in total. The standard InChI is InChI=1S/C14H15N3O4/c1-14(9-15,10-6-7-10)16-13(18)8-21-12-5-3-2-4-11(12)17(19)20/h2-5,10H,6-8H2,1H3,(H,16,18)/t14-/m0/s1. The molecule has 21 heavy (non-hydrogen) atoms. The van der Waals surface area contributed by atoms with Crippen molar-refractivity contribution < 1.29 is 14.5 Å². The molecule has 0 saturated heterocycles. The third kappa shape index (κ3) is 3.48. The number of para-hydroxylation sites is 2. The second-order valence-corrected chi connectivity index (χ2v) is 5.15. The fourth-order valence-electron chi connectivity index (χ4n) is 2.08. The smallest absolute Gasteiger partial charge is 0.310 e. The first-order valence-corrected chi connectivity index (χ1v) is 6.55. The van der Waals surface area contributed by atoms with Crippen LogP contribution < -0.4 is 10.1 Å². The maximum Gasteiger partial charge on any atom is 0.310 e. The van der Waals surface area contributed by atoms with Gasteiger partial charge in [0.2, 0.25) is 0 Å². The van der Waals surface area contributed by atoms with Crippen LogP contribution in [-0.2, 0) is 4.79 Å². The minimum Gasteiger partial charge on any atom is -0.477 e. The lowest BCUT2D eigenvalue weighted by molar-refractivity contribution is -0.385. The molecule has 0 aliphatic heterocycles. The van der Waals surface area contributed by atoms with Crippen molar-refractivity contribution in [2.75, 3.05) is 6.61 Å². The van der Waals surface area contributed by atoms with Crippen LogP contribution in [0.3, 0.4) is 0 Å². The predicted octanol–water partition coefficient (Wildman–Crippen LogP) is 1.78. The molecule has 0 bridgehead atoms. The third-order valence-corrected chi connectivity index (χ3v) is 3.45. The van der Waals surface area contributed by atoms with E-state index >= 15 is 0 Å². The highest BCUT2D eigenvalue weighted by atomic mass is 16.6. The van der Waals surface area contributed by atoms with Crippen molar-refractivity contribution in [2.45, 2.75) is 25.3 Å². The summed E-state index contributed by atoms with van der Waals surface area (Å²) in [6, 6.07) is 7.94. The Bertz CT molecular complexity index is 606. The van der Waals surface area contributed by atoms with Crippen molar-refractivity contribution in [1.82, 2.24) is 5.32 Å². The average molecular weight is 289 g/mol. The molecule has 1 aromatic carbocycles. The van der Waals surface area contributed by atoms with Gasteiger partial charge >= 0.3 is 5.69 Å². The summed E-state index contributed by atoms with van der Waals surface area (Å²) in [5.74, 6) is -0.274. The molecule has 1 atom stereocenters. The molecular formula is C14H15N3O4. The van der Waals surface area contributed by atoms with E-state index in [4.69, 9.17) is 10.00 Å². The van der Waals surface area contributed by atoms with E-state index in [1.165, 1.54) is 18.2 Å². The zero-order chi connectivity index (χ0) is 15.5. The molecule has 7 nitrogen and oxygen atoms in total. The van der Waals surface area contributed by atoms with Crippen molar-refractivity contribution in [1.29, 1.82) is 5.26 Å². The van der Waals surface area contributed by atoms with Crippen LogP contribution in [0.1, 0.15) is 19.8 Å². The van der Waals surface area contributed by atoms with Crippen molar-refractivity contribution >= 4 is 11.6 Å². The minimum atomic E-state index is -0.900. The highest BCUT2D eigenvalue weighted by Gasteiger charge is 2.43. The number of hydrogen-bond donors (Lipinski definition) is 1. The first-order chi connectivity index (χ1) is 9.96. The summed E-state index contributed by atoms with van der Waals surface area (Å²) < 4.78 is 5.19. The number of nitrogens with one attached hydrogen (secondary N) is 1. The molecule has 1 saturated carbocycles. The zero-order valence-electron chi connectivity index (χ0n) is 11.5. The first kappa shape index (κ1) is 14.8. The van der Waals surface area contributed by atoms with Gasteiger partial charge in [-0.15, -0.1) is 0 Å². The van der Waals surface area contributed by atoms with E-state index in [9.17, 15) is 14.9 Å². The van der Waals surface area contributed by atoms with E-state index in [0.29, 0.717) is 0 Å². The summed E-state index contributed by atoms with van der Waals surface area (Å²) in [4.78, 5) is 22.1. The molecule has 1 aromatic rings. The van der Waals surface area contributed by atoms with E-state index in [0.717, 1.165) is 12.8 Å². The number of carbonyl (C=O) groups is 1. The number of rotatable bonds is 6. The Morgan fingerprint density at radius 1 is 1.57 bits per heavy atom. The van der Waals surface area contributed by atoms with Crippen LogP contribution in [0.5, 0.6) is 5.75 Å². The number of amides is 1. The van der Waals surface area contributed by atoms with Gasteiger partial charge in [0.05, 0.1) is 11.0 Å². The van der Waals surface area contributed by atoms with Gasteiger partial charge in [0.15, 0.2) is 12.4 Å². The lowest BCUT2D eigenvalue weighted by Gasteiger charge is -2.22. The average Bonchev–Trinajstić information content (AvgIpc) is 3.30. The number of benzene rings is 1.